The van der Waals surface area contributed by atoms with Crippen molar-refractivity contribution in [3.63, 3.8) is 0 Å². The van der Waals surface area contributed by atoms with Crippen LogP contribution in [0.5, 0.6) is 0 Å². The second-order valence-electron chi connectivity index (χ2n) is 0.263. The molecule has 0 atom stereocenters. The molecule has 0 aromatic rings. The van der Waals surface area contributed by atoms with E-state index < -0.39 is 0 Å². The second kappa shape index (κ2) is 3.37. The first-order chi connectivity index (χ1) is 2.41. The van der Waals surface area contributed by atoms with E-state index in [-0.39, 0.29) is 0 Å². The molecule has 23 valence electrons. The minimum Gasteiger partial charge on any atom is -0.331 e. The van der Waals surface area contributed by atoms with E-state index in [4.69, 9.17) is 1.34 Å². The molecule has 0 aliphatic heterocycles. The summed E-state index contributed by atoms with van der Waals surface area (Å²) >= 11 is 1.00. The molecular formula is CH4BOS. The van der Waals surface area contributed by atoms with Gasteiger partial charge < -0.3 is 4.18 Å². The topological polar surface area (TPSA) is 9.23 Å². The number of rotatable bonds is 2. The molecule has 1 radical (unpaired) electrons. The van der Waals surface area contributed by atoms with Gasteiger partial charge in [0.25, 0.3) is 0 Å². The van der Waals surface area contributed by atoms with Crippen molar-refractivity contribution in [3.05, 3.63) is 0 Å². The Kier molecular flexibility index (Phi) is 2.20. The summed E-state index contributed by atoms with van der Waals surface area (Å²) in [5.74, 6) is 0. The summed E-state index contributed by atoms with van der Waals surface area (Å²) in [6.07, 6.45) is 0. The Morgan fingerprint density at radius 2 is 3.25 bits per heavy atom. The molecule has 0 aliphatic carbocycles. The van der Waals surface area contributed by atoms with Gasteiger partial charge in [0.2, 0.25) is 7.09 Å². The largest absolute Gasteiger partial charge is 0.331 e. The normalized spacial score (nSPS) is 9.75. The Hall–Kier alpha value is 0.375. The predicted molar refractivity (Wildman–Crippen MR) is 21.7 cm³/mol. The maximum Gasteiger partial charge on any atom is 0.209 e. The molecule has 0 aromatic carbocycles. The Balaban J connectivity index is 2.19. The summed E-state index contributed by atoms with van der Waals surface area (Å²) in [4.78, 5) is 0. The van der Waals surface area contributed by atoms with Gasteiger partial charge >= 0.3 is 0 Å². The molecule has 0 saturated heterocycles. The maximum absolute atomic E-state index is 6.32. The van der Waals surface area contributed by atoms with Crippen molar-refractivity contribution in [2.24, 2.45) is 0 Å². The summed E-state index contributed by atoms with van der Waals surface area (Å²) in [5.41, 5.74) is 0. The smallest absolute Gasteiger partial charge is 0.209 e. The highest BCUT2D eigenvalue weighted by Gasteiger charge is 1.53. The summed E-state index contributed by atoms with van der Waals surface area (Å²) in [6, 6.07) is 0. The minimum absolute atomic E-state index is 1.00. The van der Waals surface area contributed by atoms with E-state index >= 15 is 0 Å². The average molecular weight is 76.9 g/mol. The van der Waals surface area contributed by atoms with Crippen LogP contribution in [0.25, 0.3) is 0 Å². The molecule has 3 heteroatoms. The maximum atomic E-state index is 6.32. The van der Waals surface area contributed by atoms with Gasteiger partial charge in [0.15, 0.2) is 0 Å². The van der Waals surface area contributed by atoms with Crippen molar-refractivity contribution in [1.82, 2.24) is 0 Å². The average Bonchev–Trinajstić information content (AvgIpc) is 1.41. The zero-order valence-corrected chi connectivity index (χ0v) is 3.21. The van der Waals surface area contributed by atoms with E-state index in [1.807, 2.05) is 0 Å². The molecule has 0 rings (SSSR count). The van der Waals surface area contributed by atoms with Gasteiger partial charge in [-0.3, -0.25) is 0 Å². The lowest BCUT2D eigenvalue weighted by atomic mass is 10.8. The molecule has 0 saturated carbocycles. The minimum atomic E-state index is 1.00. The van der Waals surface area contributed by atoms with Crippen LogP contribution in [0.15, 0.2) is 0 Å². The highest BCUT2D eigenvalue weighted by Crippen LogP contribution is 1.82. The molecule has 0 aromatic heterocycles. The van der Waals surface area contributed by atoms with Gasteiger partial charge in [-0.1, -0.05) is 11.9 Å². The van der Waals surface area contributed by atoms with E-state index in [0.29, 0.717) is 0 Å². The van der Waals surface area contributed by atoms with Crippen LogP contribution in [-0.4, -0.2) is 15.5 Å². The molecule has 0 bridgehead atoms. The third-order valence-corrected chi connectivity index (χ3v) is 0.289. The monoisotopic (exact) mass is 77.0 g/mol. The summed E-state index contributed by atoms with van der Waals surface area (Å²) < 4.78 is 10.7. The van der Waals surface area contributed by atoms with E-state index in [1.165, 1.54) is 7.11 Å². The number of hydrogen-bond acceptors (Lipinski definition) is 2. The van der Waals surface area contributed by atoms with E-state index in [9.17, 15) is 0 Å². The van der Waals surface area contributed by atoms with Crippen LogP contribution in [0.2, 0.25) is 0 Å². The van der Waals surface area contributed by atoms with Crippen LogP contribution < -0.4 is 0 Å². The first-order valence-electron chi connectivity index (χ1n) is 1.39. The van der Waals surface area contributed by atoms with Crippen LogP contribution >= 0.6 is 11.9 Å². The van der Waals surface area contributed by atoms with Gasteiger partial charge in [-0.25, -0.2) is 0 Å². The third kappa shape index (κ3) is 2.37. The van der Waals surface area contributed by atoms with Gasteiger partial charge in [-0.15, -0.1) is 0 Å². The van der Waals surface area contributed by atoms with Crippen LogP contribution in [0.4, 0.5) is 0 Å². The molecule has 0 aliphatic rings. The summed E-state index contributed by atoms with van der Waals surface area (Å²) in [7, 11) is 2.65. The van der Waals surface area contributed by atoms with E-state index in [1.54, 1.807) is 0 Å². The second-order valence-corrected chi connectivity index (χ2v) is 0.789. The van der Waals surface area contributed by atoms with E-state index in [2.05, 4.69) is 4.18 Å². The van der Waals surface area contributed by atoms with Crippen molar-refractivity contribution in [2.75, 3.05) is 7.11 Å². The Morgan fingerprint density at radius 1 is 2.50 bits per heavy atom. The lowest BCUT2D eigenvalue weighted by Gasteiger charge is -1.75. The molecule has 4 heavy (non-hydrogen) atoms. The Bertz CT molecular complexity index is 19.1. The van der Waals surface area contributed by atoms with Crippen LogP contribution in [0, 0.1) is 0 Å². The Labute approximate surface area is 32.6 Å². The van der Waals surface area contributed by atoms with Gasteiger partial charge in [0.1, 0.15) is 0 Å². The SMILES string of the molecule is [3H][B]SOC. The highest BCUT2D eigenvalue weighted by molar-refractivity contribution is 8.15. The van der Waals surface area contributed by atoms with Gasteiger partial charge in [0, 0.05) is 7.11 Å². The van der Waals surface area contributed by atoms with Crippen molar-refractivity contribution >= 4 is 19.0 Å². The molecule has 0 fully saturated rings. The van der Waals surface area contributed by atoms with Crippen LogP contribution in [0.1, 0.15) is 0 Å². The molecule has 0 N–H and O–H groups in total. The fraction of sp³-hybridized carbons (Fsp3) is 1.00. The number of hydrogen-bond donors (Lipinski definition) is 0. The first-order valence-corrected chi connectivity index (χ1v) is 1.62. The van der Waals surface area contributed by atoms with Crippen molar-refractivity contribution in [2.45, 2.75) is 0 Å². The molecule has 0 heterocycles. The summed E-state index contributed by atoms with van der Waals surface area (Å²) in [5, 5.41) is 0. The van der Waals surface area contributed by atoms with Crippen LogP contribution in [0.3, 0.4) is 0 Å². The van der Waals surface area contributed by atoms with Crippen molar-refractivity contribution in [3.8, 4) is 0 Å². The molecular weight excluding hydrogens is 70.9 g/mol. The zero-order chi connectivity index (χ0) is 4.12. The lowest BCUT2D eigenvalue weighted by molar-refractivity contribution is 0.497. The lowest BCUT2D eigenvalue weighted by Crippen LogP contribution is -1.55. The third-order valence-electron chi connectivity index (χ3n) is 0.0962. The van der Waals surface area contributed by atoms with Gasteiger partial charge in [-0.05, 0) is 1.34 Å². The van der Waals surface area contributed by atoms with Crippen molar-refractivity contribution < 1.29 is 4.18 Å². The van der Waals surface area contributed by atoms with Gasteiger partial charge in [-0.2, -0.15) is 0 Å². The van der Waals surface area contributed by atoms with Gasteiger partial charge in [0.05, 0.1) is 0 Å². The van der Waals surface area contributed by atoms with Crippen LogP contribution in [-0.2, 0) is 4.18 Å². The molecule has 1 nitrogen and oxygen atoms in total. The zero-order valence-electron chi connectivity index (χ0n) is 3.39. The fourth-order valence-corrected chi connectivity index (χ4v) is 0. The molecule has 0 unspecified atom stereocenters. The standard InChI is InChI=1S/CH4BOS/c1-3-4-2/h2H,1H3/i2T. The predicted octanol–water partition coefficient (Wildman–Crippen LogP) is 0.0968. The molecule has 0 amide bonds. The molecule has 0 spiro atoms. The first kappa shape index (κ1) is 2.60. The van der Waals surface area contributed by atoms with E-state index in [0.717, 1.165) is 19.0 Å². The fourth-order valence-electron chi connectivity index (χ4n) is 0. The quantitative estimate of drug-likeness (QED) is 0.341. The summed E-state index contributed by atoms with van der Waals surface area (Å²) in [6.45, 7) is 0. The highest BCUT2D eigenvalue weighted by atomic mass is 32.2. The Morgan fingerprint density at radius 3 is 3.25 bits per heavy atom. The van der Waals surface area contributed by atoms with Crippen molar-refractivity contribution in [1.29, 1.82) is 1.34 Å².